The SMILES string of the molecule is O=C(O)c1cc(NCC(=O)N2CCCC2)ncc1Cl. The van der Waals surface area contributed by atoms with E-state index in [1.807, 2.05) is 0 Å². The van der Waals surface area contributed by atoms with E-state index < -0.39 is 5.97 Å². The normalized spacial score (nSPS) is 14.5. The molecule has 2 rings (SSSR count). The summed E-state index contributed by atoms with van der Waals surface area (Å²) >= 11 is 5.71. The molecule has 1 aromatic heterocycles. The van der Waals surface area contributed by atoms with E-state index in [4.69, 9.17) is 16.7 Å². The van der Waals surface area contributed by atoms with E-state index in [0.717, 1.165) is 25.9 Å². The van der Waals surface area contributed by atoms with Gasteiger partial charge in [0.15, 0.2) is 0 Å². The first-order chi connectivity index (χ1) is 9.08. The van der Waals surface area contributed by atoms with Gasteiger partial charge in [0.2, 0.25) is 5.91 Å². The second kappa shape index (κ2) is 5.88. The Morgan fingerprint density at radius 2 is 2.11 bits per heavy atom. The number of carbonyl (C=O) groups is 2. The molecule has 1 aliphatic rings. The molecule has 6 nitrogen and oxygen atoms in total. The zero-order valence-electron chi connectivity index (χ0n) is 10.2. The number of halogens is 1. The molecule has 0 atom stereocenters. The van der Waals surface area contributed by atoms with Crippen LogP contribution in [0.5, 0.6) is 0 Å². The molecule has 0 bridgehead atoms. The highest BCUT2D eigenvalue weighted by atomic mass is 35.5. The van der Waals surface area contributed by atoms with Crippen molar-refractivity contribution in [1.82, 2.24) is 9.88 Å². The van der Waals surface area contributed by atoms with Crippen LogP contribution in [0.3, 0.4) is 0 Å². The van der Waals surface area contributed by atoms with E-state index in [9.17, 15) is 9.59 Å². The lowest BCUT2D eigenvalue weighted by molar-refractivity contribution is -0.128. The largest absolute Gasteiger partial charge is 0.478 e. The zero-order valence-corrected chi connectivity index (χ0v) is 11.0. The molecule has 102 valence electrons. The summed E-state index contributed by atoms with van der Waals surface area (Å²) in [6.45, 7) is 1.68. The Bertz CT molecular complexity index is 501. The Morgan fingerprint density at radius 1 is 1.42 bits per heavy atom. The van der Waals surface area contributed by atoms with Crippen molar-refractivity contribution in [2.75, 3.05) is 25.0 Å². The maximum Gasteiger partial charge on any atom is 0.337 e. The molecule has 1 fully saturated rings. The van der Waals surface area contributed by atoms with Gasteiger partial charge in [-0.2, -0.15) is 0 Å². The van der Waals surface area contributed by atoms with Crippen molar-refractivity contribution >= 4 is 29.3 Å². The summed E-state index contributed by atoms with van der Waals surface area (Å²) in [5.74, 6) is -0.804. The van der Waals surface area contributed by atoms with Gasteiger partial charge >= 0.3 is 5.97 Å². The molecule has 0 saturated carbocycles. The number of likely N-dealkylation sites (tertiary alicyclic amines) is 1. The number of nitrogens with one attached hydrogen (secondary N) is 1. The summed E-state index contributed by atoms with van der Waals surface area (Å²) < 4.78 is 0. The van der Waals surface area contributed by atoms with Crippen LogP contribution >= 0.6 is 11.6 Å². The second-order valence-corrected chi connectivity index (χ2v) is 4.70. The monoisotopic (exact) mass is 283 g/mol. The summed E-state index contributed by atoms with van der Waals surface area (Å²) in [7, 11) is 0. The molecule has 2 N–H and O–H groups in total. The quantitative estimate of drug-likeness (QED) is 0.874. The first kappa shape index (κ1) is 13.6. The topological polar surface area (TPSA) is 82.5 Å². The van der Waals surface area contributed by atoms with Gasteiger partial charge in [0.1, 0.15) is 5.82 Å². The Labute approximate surface area is 115 Å². The number of amides is 1. The van der Waals surface area contributed by atoms with Crippen LogP contribution in [-0.2, 0) is 4.79 Å². The summed E-state index contributed by atoms with van der Waals surface area (Å²) in [6, 6.07) is 1.32. The van der Waals surface area contributed by atoms with Crippen molar-refractivity contribution in [3.63, 3.8) is 0 Å². The molecule has 0 spiro atoms. The highest BCUT2D eigenvalue weighted by Gasteiger charge is 2.17. The summed E-state index contributed by atoms with van der Waals surface area (Å²) in [5.41, 5.74) is -0.0345. The minimum absolute atomic E-state index is 0.00822. The minimum Gasteiger partial charge on any atom is -0.478 e. The number of anilines is 1. The Kier molecular flexibility index (Phi) is 4.21. The average molecular weight is 284 g/mol. The molecule has 1 amide bonds. The van der Waals surface area contributed by atoms with Crippen LogP contribution in [0.2, 0.25) is 5.02 Å². The van der Waals surface area contributed by atoms with Gasteiger partial charge in [-0.1, -0.05) is 11.6 Å². The maximum absolute atomic E-state index is 11.8. The Balaban J connectivity index is 1.97. The number of hydrogen-bond donors (Lipinski definition) is 2. The number of aromatic nitrogens is 1. The van der Waals surface area contributed by atoms with E-state index >= 15 is 0 Å². The predicted octanol–water partition coefficient (Wildman–Crippen LogP) is 1.47. The van der Waals surface area contributed by atoms with Crippen LogP contribution < -0.4 is 5.32 Å². The number of nitrogens with zero attached hydrogens (tertiary/aromatic N) is 2. The fourth-order valence-electron chi connectivity index (χ4n) is 1.94. The van der Waals surface area contributed by atoms with Crippen LogP contribution in [0.25, 0.3) is 0 Å². The molecule has 0 aromatic carbocycles. The van der Waals surface area contributed by atoms with Gasteiger partial charge in [0.25, 0.3) is 0 Å². The van der Waals surface area contributed by atoms with Crippen molar-refractivity contribution in [3.8, 4) is 0 Å². The lowest BCUT2D eigenvalue weighted by atomic mass is 10.2. The maximum atomic E-state index is 11.8. The van der Waals surface area contributed by atoms with Crippen LogP contribution in [-0.4, -0.2) is 46.5 Å². The third-order valence-electron chi connectivity index (χ3n) is 2.97. The number of carboxylic acid groups (broad SMARTS) is 1. The molecular formula is C12H14ClN3O3. The number of rotatable bonds is 4. The van der Waals surface area contributed by atoms with Gasteiger partial charge < -0.3 is 15.3 Å². The molecule has 7 heteroatoms. The van der Waals surface area contributed by atoms with E-state index in [1.54, 1.807) is 4.90 Å². The number of pyridine rings is 1. The number of hydrogen-bond acceptors (Lipinski definition) is 4. The molecule has 0 unspecified atom stereocenters. The first-order valence-electron chi connectivity index (χ1n) is 5.98. The van der Waals surface area contributed by atoms with Crippen molar-refractivity contribution < 1.29 is 14.7 Å². The van der Waals surface area contributed by atoms with Gasteiger partial charge in [0, 0.05) is 19.3 Å². The minimum atomic E-state index is -1.12. The molecule has 0 aliphatic carbocycles. The van der Waals surface area contributed by atoms with Gasteiger partial charge in [-0.15, -0.1) is 0 Å². The molecule has 0 radical (unpaired) electrons. The Morgan fingerprint density at radius 3 is 2.74 bits per heavy atom. The zero-order chi connectivity index (χ0) is 13.8. The highest BCUT2D eigenvalue weighted by molar-refractivity contribution is 6.33. The molecule has 2 heterocycles. The summed E-state index contributed by atoms with van der Waals surface area (Å²) in [5, 5.41) is 11.8. The molecular weight excluding hydrogens is 270 g/mol. The first-order valence-corrected chi connectivity index (χ1v) is 6.36. The van der Waals surface area contributed by atoms with Crippen LogP contribution in [0.15, 0.2) is 12.3 Å². The van der Waals surface area contributed by atoms with E-state index in [-0.39, 0.29) is 23.0 Å². The molecule has 19 heavy (non-hydrogen) atoms. The molecule has 1 aliphatic heterocycles. The van der Waals surface area contributed by atoms with Crippen molar-refractivity contribution in [1.29, 1.82) is 0 Å². The average Bonchev–Trinajstić information content (AvgIpc) is 2.91. The third-order valence-corrected chi connectivity index (χ3v) is 3.27. The lowest BCUT2D eigenvalue weighted by Gasteiger charge is -2.15. The lowest BCUT2D eigenvalue weighted by Crippen LogP contribution is -2.33. The van der Waals surface area contributed by atoms with Crippen LogP contribution in [0.4, 0.5) is 5.82 Å². The van der Waals surface area contributed by atoms with Gasteiger partial charge in [-0.25, -0.2) is 9.78 Å². The molecule has 1 saturated heterocycles. The van der Waals surface area contributed by atoms with E-state index in [0.29, 0.717) is 5.82 Å². The summed E-state index contributed by atoms with van der Waals surface area (Å²) in [6.07, 6.45) is 3.33. The predicted molar refractivity (Wildman–Crippen MR) is 70.5 cm³/mol. The van der Waals surface area contributed by atoms with Gasteiger partial charge in [-0.05, 0) is 18.9 Å². The molecule has 1 aromatic rings. The number of carbonyl (C=O) groups excluding carboxylic acids is 1. The second-order valence-electron chi connectivity index (χ2n) is 4.30. The van der Waals surface area contributed by atoms with Crippen molar-refractivity contribution in [3.05, 3.63) is 22.8 Å². The van der Waals surface area contributed by atoms with E-state index in [1.165, 1.54) is 12.3 Å². The van der Waals surface area contributed by atoms with Gasteiger partial charge in [0.05, 0.1) is 17.1 Å². The Hall–Kier alpha value is -1.82. The highest BCUT2D eigenvalue weighted by Crippen LogP contribution is 2.18. The van der Waals surface area contributed by atoms with Crippen LogP contribution in [0, 0.1) is 0 Å². The smallest absolute Gasteiger partial charge is 0.337 e. The van der Waals surface area contributed by atoms with E-state index in [2.05, 4.69) is 10.3 Å². The van der Waals surface area contributed by atoms with Crippen LogP contribution in [0.1, 0.15) is 23.2 Å². The summed E-state index contributed by atoms with van der Waals surface area (Å²) in [4.78, 5) is 28.4. The third kappa shape index (κ3) is 3.35. The number of aromatic carboxylic acids is 1. The number of carboxylic acids is 1. The fourth-order valence-corrected chi connectivity index (χ4v) is 2.13. The standard InChI is InChI=1S/C12H14ClN3O3/c13-9-6-14-10(5-8(9)12(18)19)15-7-11(17)16-3-1-2-4-16/h5-6H,1-4,7H2,(H,14,15)(H,18,19). The van der Waals surface area contributed by atoms with Crippen molar-refractivity contribution in [2.45, 2.75) is 12.8 Å². The fraction of sp³-hybridized carbons (Fsp3) is 0.417. The van der Waals surface area contributed by atoms with Gasteiger partial charge in [-0.3, -0.25) is 4.79 Å². The van der Waals surface area contributed by atoms with Crippen molar-refractivity contribution in [2.24, 2.45) is 0 Å².